The van der Waals surface area contributed by atoms with E-state index in [1.807, 2.05) is 47.4 Å². The van der Waals surface area contributed by atoms with E-state index < -0.39 is 0 Å². The Labute approximate surface area is 157 Å². The summed E-state index contributed by atoms with van der Waals surface area (Å²) in [4.78, 5) is 33.8. The van der Waals surface area contributed by atoms with Gasteiger partial charge in [0.1, 0.15) is 6.54 Å². The summed E-state index contributed by atoms with van der Waals surface area (Å²) in [5, 5.41) is 0. The Hall–Kier alpha value is -2.93. The minimum absolute atomic E-state index is 0.00839. The van der Waals surface area contributed by atoms with Crippen molar-refractivity contribution < 1.29 is 4.79 Å². The molecule has 0 radical (unpaired) electrons. The zero-order valence-electron chi connectivity index (χ0n) is 15.4. The van der Waals surface area contributed by atoms with Gasteiger partial charge in [0, 0.05) is 46.0 Å². The van der Waals surface area contributed by atoms with Crippen molar-refractivity contribution >= 4 is 16.9 Å². The molecule has 0 N–H and O–H groups in total. The zero-order chi connectivity index (χ0) is 18.8. The summed E-state index contributed by atoms with van der Waals surface area (Å²) in [5.41, 5.74) is 2.53. The van der Waals surface area contributed by atoms with Gasteiger partial charge < -0.3 is 4.90 Å². The molecule has 1 aliphatic heterocycles. The van der Waals surface area contributed by atoms with Crippen LogP contribution in [-0.4, -0.2) is 56.0 Å². The van der Waals surface area contributed by atoms with E-state index in [1.54, 1.807) is 22.4 Å². The molecule has 4 rings (SSSR count). The first kappa shape index (κ1) is 17.5. The second-order valence-electron chi connectivity index (χ2n) is 6.89. The molecule has 0 atom stereocenters. The fourth-order valence-electron chi connectivity index (χ4n) is 3.63. The van der Waals surface area contributed by atoms with Gasteiger partial charge >= 0.3 is 5.69 Å². The van der Waals surface area contributed by atoms with Crippen LogP contribution in [0.15, 0.2) is 53.5 Å². The van der Waals surface area contributed by atoms with Gasteiger partial charge in [-0.05, 0) is 24.3 Å². The largest absolute Gasteiger partial charge is 0.339 e. The monoisotopic (exact) mass is 365 g/mol. The molecule has 3 aromatic rings. The molecule has 0 saturated carbocycles. The lowest BCUT2D eigenvalue weighted by Gasteiger charge is -2.34. The average Bonchev–Trinajstić information content (AvgIpc) is 2.94. The molecule has 0 spiro atoms. The molecule has 1 fully saturated rings. The molecule has 3 heterocycles. The number of amides is 1. The molecule has 1 aliphatic rings. The Balaban J connectivity index is 1.41. The van der Waals surface area contributed by atoms with Crippen LogP contribution in [0.25, 0.3) is 11.0 Å². The van der Waals surface area contributed by atoms with E-state index in [0.717, 1.165) is 36.4 Å². The highest BCUT2D eigenvalue weighted by molar-refractivity contribution is 5.81. The molecule has 0 aliphatic carbocycles. The second kappa shape index (κ2) is 7.36. The number of carbonyl (C=O) groups is 1. The molecular weight excluding hydrogens is 342 g/mol. The van der Waals surface area contributed by atoms with Gasteiger partial charge in [-0.25, -0.2) is 4.79 Å². The fourth-order valence-corrected chi connectivity index (χ4v) is 3.63. The van der Waals surface area contributed by atoms with Crippen LogP contribution in [0, 0.1) is 0 Å². The number of hydrogen-bond donors (Lipinski definition) is 0. The van der Waals surface area contributed by atoms with Crippen LogP contribution in [0.2, 0.25) is 0 Å². The molecule has 7 heteroatoms. The van der Waals surface area contributed by atoms with Gasteiger partial charge in [0.15, 0.2) is 0 Å². The van der Waals surface area contributed by atoms with Crippen LogP contribution in [0.5, 0.6) is 0 Å². The Morgan fingerprint density at radius 2 is 1.70 bits per heavy atom. The Morgan fingerprint density at radius 3 is 2.41 bits per heavy atom. The number of imidazole rings is 1. The molecule has 2 aromatic heterocycles. The summed E-state index contributed by atoms with van der Waals surface area (Å²) < 4.78 is 3.16. The maximum absolute atomic E-state index is 12.8. The third kappa shape index (κ3) is 3.50. The van der Waals surface area contributed by atoms with Gasteiger partial charge in [-0.15, -0.1) is 0 Å². The van der Waals surface area contributed by atoms with Crippen LogP contribution >= 0.6 is 0 Å². The summed E-state index contributed by atoms with van der Waals surface area (Å²) in [6, 6.07) is 13.5. The van der Waals surface area contributed by atoms with Crippen molar-refractivity contribution in [3.05, 3.63) is 64.8 Å². The number of benzene rings is 1. The van der Waals surface area contributed by atoms with Crippen molar-refractivity contribution in [2.24, 2.45) is 7.05 Å². The highest BCUT2D eigenvalue weighted by Crippen LogP contribution is 2.13. The first-order chi connectivity index (χ1) is 13.1. The number of pyridine rings is 1. The van der Waals surface area contributed by atoms with E-state index in [-0.39, 0.29) is 18.1 Å². The summed E-state index contributed by atoms with van der Waals surface area (Å²) in [7, 11) is 1.74. The maximum Gasteiger partial charge on any atom is 0.329 e. The van der Waals surface area contributed by atoms with Crippen molar-refractivity contribution in [3.63, 3.8) is 0 Å². The number of piperazine rings is 1. The number of para-hydroxylation sites is 2. The van der Waals surface area contributed by atoms with Crippen molar-refractivity contribution in [1.29, 1.82) is 0 Å². The van der Waals surface area contributed by atoms with E-state index in [1.165, 1.54) is 0 Å². The smallest absolute Gasteiger partial charge is 0.329 e. The summed E-state index contributed by atoms with van der Waals surface area (Å²) >= 11 is 0. The SMILES string of the molecule is Cn1c(=O)n(CC(=O)N2CCN(Cc3ccccn3)CC2)c2ccccc21. The highest BCUT2D eigenvalue weighted by Gasteiger charge is 2.23. The van der Waals surface area contributed by atoms with Crippen molar-refractivity contribution in [2.45, 2.75) is 13.1 Å². The van der Waals surface area contributed by atoms with Gasteiger partial charge in [0.25, 0.3) is 0 Å². The number of hydrogen-bond acceptors (Lipinski definition) is 4. The van der Waals surface area contributed by atoms with Crippen LogP contribution in [0.1, 0.15) is 5.69 Å². The Morgan fingerprint density at radius 1 is 1.00 bits per heavy atom. The van der Waals surface area contributed by atoms with E-state index in [0.29, 0.717) is 13.1 Å². The van der Waals surface area contributed by atoms with E-state index in [9.17, 15) is 9.59 Å². The molecule has 27 heavy (non-hydrogen) atoms. The lowest BCUT2D eigenvalue weighted by atomic mass is 10.2. The van der Waals surface area contributed by atoms with Crippen LogP contribution < -0.4 is 5.69 Å². The minimum atomic E-state index is -0.154. The number of fused-ring (bicyclic) bond motifs is 1. The van der Waals surface area contributed by atoms with Crippen LogP contribution in [0.3, 0.4) is 0 Å². The molecule has 7 nitrogen and oxygen atoms in total. The number of rotatable bonds is 4. The first-order valence-corrected chi connectivity index (χ1v) is 9.18. The fraction of sp³-hybridized carbons (Fsp3) is 0.350. The third-order valence-corrected chi connectivity index (χ3v) is 5.18. The van der Waals surface area contributed by atoms with Crippen molar-refractivity contribution in [3.8, 4) is 0 Å². The molecule has 140 valence electrons. The zero-order valence-corrected chi connectivity index (χ0v) is 15.4. The van der Waals surface area contributed by atoms with E-state index in [2.05, 4.69) is 9.88 Å². The minimum Gasteiger partial charge on any atom is -0.339 e. The number of aromatic nitrogens is 3. The lowest BCUT2D eigenvalue weighted by Crippen LogP contribution is -2.49. The highest BCUT2D eigenvalue weighted by atomic mass is 16.2. The van der Waals surface area contributed by atoms with Gasteiger partial charge in [-0.1, -0.05) is 18.2 Å². The normalized spacial score (nSPS) is 15.4. The maximum atomic E-state index is 12.8. The van der Waals surface area contributed by atoms with Gasteiger partial charge in [0.2, 0.25) is 5.91 Å². The second-order valence-corrected chi connectivity index (χ2v) is 6.89. The third-order valence-electron chi connectivity index (χ3n) is 5.18. The average molecular weight is 365 g/mol. The van der Waals surface area contributed by atoms with Gasteiger partial charge in [-0.3, -0.25) is 23.8 Å². The van der Waals surface area contributed by atoms with E-state index in [4.69, 9.17) is 0 Å². The van der Waals surface area contributed by atoms with E-state index >= 15 is 0 Å². The summed E-state index contributed by atoms with van der Waals surface area (Å²) in [5.74, 6) is -0.00839. The molecule has 1 aromatic carbocycles. The van der Waals surface area contributed by atoms with Crippen LogP contribution in [0.4, 0.5) is 0 Å². The van der Waals surface area contributed by atoms with Crippen molar-refractivity contribution in [1.82, 2.24) is 23.9 Å². The molecule has 0 bridgehead atoms. The van der Waals surface area contributed by atoms with Crippen molar-refractivity contribution in [2.75, 3.05) is 26.2 Å². The molecule has 1 saturated heterocycles. The number of nitrogens with zero attached hydrogens (tertiary/aromatic N) is 5. The Bertz CT molecular complexity index is 1000. The first-order valence-electron chi connectivity index (χ1n) is 9.18. The predicted molar refractivity (Wildman–Crippen MR) is 103 cm³/mol. The number of aryl methyl sites for hydroxylation is 1. The predicted octanol–water partition coefficient (Wildman–Crippen LogP) is 1.08. The summed E-state index contributed by atoms with van der Waals surface area (Å²) in [6.45, 7) is 3.85. The molecule has 0 unspecified atom stereocenters. The quantitative estimate of drug-likeness (QED) is 0.694. The molecular formula is C20H23N5O2. The molecule has 1 amide bonds. The Kier molecular flexibility index (Phi) is 4.77. The topological polar surface area (TPSA) is 63.4 Å². The van der Waals surface area contributed by atoms with Gasteiger partial charge in [-0.2, -0.15) is 0 Å². The summed E-state index contributed by atoms with van der Waals surface area (Å²) in [6.07, 6.45) is 1.80. The lowest BCUT2D eigenvalue weighted by molar-refractivity contribution is -0.133. The standard InChI is InChI=1S/C20H23N5O2/c1-22-17-7-2-3-8-18(17)25(20(22)27)15-19(26)24-12-10-23(11-13-24)14-16-6-4-5-9-21-16/h2-9H,10-15H2,1H3. The van der Waals surface area contributed by atoms with Gasteiger partial charge in [0.05, 0.1) is 16.7 Å². The number of carbonyl (C=O) groups excluding carboxylic acids is 1. The van der Waals surface area contributed by atoms with Crippen LogP contribution in [-0.2, 0) is 24.9 Å².